The Bertz CT molecular complexity index is 1510. The highest BCUT2D eigenvalue weighted by Gasteiger charge is 2.25. The molecule has 180 valence electrons. The number of benzene rings is 2. The predicted molar refractivity (Wildman–Crippen MR) is 138 cm³/mol. The van der Waals surface area contributed by atoms with Gasteiger partial charge in [0.2, 0.25) is 5.89 Å². The molecule has 2 aromatic carbocycles. The normalized spacial score (nSPS) is 14.4. The second kappa shape index (κ2) is 9.41. The van der Waals surface area contributed by atoms with Gasteiger partial charge < -0.3 is 13.9 Å². The van der Waals surface area contributed by atoms with Crippen LogP contribution in [0.1, 0.15) is 34.6 Å². The van der Waals surface area contributed by atoms with E-state index in [2.05, 4.69) is 39.2 Å². The van der Waals surface area contributed by atoms with Crippen molar-refractivity contribution in [3.63, 3.8) is 0 Å². The summed E-state index contributed by atoms with van der Waals surface area (Å²) in [6.45, 7) is 3.46. The summed E-state index contributed by atoms with van der Waals surface area (Å²) in [5.74, 6) is 1.04. The number of oxazole rings is 1. The molecule has 3 aromatic heterocycles. The van der Waals surface area contributed by atoms with Gasteiger partial charge in [0, 0.05) is 36.7 Å². The first-order chi connectivity index (χ1) is 17.6. The van der Waals surface area contributed by atoms with Gasteiger partial charge in [-0.3, -0.25) is 9.78 Å². The lowest BCUT2D eigenvalue weighted by molar-refractivity contribution is 0.0684. The molecule has 36 heavy (non-hydrogen) atoms. The fourth-order valence-corrected chi connectivity index (χ4v) is 4.89. The number of aromatic nitrogens is 4. The van der Waals surface area contributed by atoms with Crippen molar-refractivity contribution in [1.29, 1.82) is 0 Å². The first-order valence-corrected chi connectivity index (χ1v) is 12.3. The summed E-state index contributed by atoms with van der Waals surface area (Å²) < 4.78 is 7.97. The van der Waals surface area contributed by atoms with Crippen LogP contribution in [-0.2, 0) is 6.42 Å². The molecule has 7 heteroatoms. The highest BCUT2D eigenvalue weighted by molar-refractivity contribution is 5.93. The van der Waals surface area contributed by atoms with E-state index in [0.717, 1.165) is 54.8 Å². The van der Waals surface area contributed by atoms with Crippen molar-refractivity contribution in [3.8, 4) is 17.1 Å². The number of carbonyl (C=O) groups is 1. The zero-order chi connectivity index (χ0) is 24.5. The number of aryl methyl sites for hydroxylation is 1. The van der Waals surface area contributed by atoms with E-state index in [1.54, 1.807) is 18.6 Å². The van der Waals surface area contributed by atoms with E-state index in [-0.39, 0.29) is 5.91 Å². The molecule has 0 bridgehead atoms. The SMILES string of the molecule is Cc1cn(-c2ccc3oc(-c4ccnc(C(=O)N5CCC(Cc6ccccc6)CC5)c4)nc3c2)cn1. The van der Waals surface area contributed by atoms with Gasteiger partial charge in [-0.05, 0) is 68.0 Å². The molecule has 1 fully saturated rings. The number of piperidine rings is 1. The maximum absolute atomic E-state index is 13.2. The minimum absolute atomic E-state index is 0.0381. The minimum Gasteiger partial charge on any atom is -0.436 e. The smallest absolute Gasteiger partial charge is 0.272 e. The number of hydrogen-bond acceptors (Lipinski definition) is 5. The molecule has 0 atom stereocenters. The number of fused-ring (bicyclic) bond motifs is 1. The summed E-state index contributed by atoms with van der Waals surface area (Å²) in [6.07, 6.45) is 8.47. The Hall–Kier alpha value is -4.26. The van der Waals surface area contributed by atoms with E-state index in [9.17, 15) is 4.79 Å². The van der Waals surface area contributed by atoms with Crippen LogP contribution in [-0.4, -0.2) is 43.4 Å². The third-order valence-electron chi connectivity index (χ3n) is 6.88. The van der Waals surface area contributed by atoms with Crippen LogP contribution in [0.25, 0.3) is 28.2 Å². The lowest BCUT2D eigenvalue weighted by Crippen LogP contribution is -2.39. The molecule has 0 saturated carbocycles. The molecule has 0 radical (unpaired) electrons. The Labute approximate surface area is 209 Å². The lowest BCUT2D eigenvalue weighted by Gasteiger charge is -2.32. The van der Waals surface area contributed by atoms with Crippen molar-refractivity contribution in [1.82, 2.24) is 24.4 Å². The Morgan fingerprint density at radius 1 is 1.03 bits per heavy atom. The summed E-state index contributed by atoms with van der Waals surface area (Å²) in [4.78, 5) is 28.5. The zero-order valence-corrected chi connectivity index (χ0v) is 20.2. The molecule has 4 heterocycles. The van der Waals surface area contributed by atoms with E-state index in [1.807, 2.05) is 52.9 Å². The van der Waals surface area contributed by atoms with Gasteiger partial charge in [0.25, 0.3) is 5.91 Å². The van der Waals surface area contributed by atoms with Crippen molar-refractivity contribution in [2.24, 2.45) is 5.92 Å². The standard InChI is InChI=1S/C29H27N5O2/c1-20-18-34(19-31-20)24-7-8-27-25(17-24)32-28(36-27)23-9-12-30-26(16-23)29(35)33-13-10-22(11-14-33)15-21-5-3-2-4-6-21/h2-9,12,16-19,22H,10-11,13-15H2,1H3. The second-order valence-corrected chi connectivity index (χ2v) is 9.45. The van der Waals surface area contributed by atoms with Crippen LogP contribution >= 0.6 is 0 Å². The van der Waals surface area contributed by atoms with Gasteiger partial charge in [-0.1, -0.05) is 30.3 Å². The van der Waals surface area contributed by atoms with Crippen molar-refractivity contribution in [3.05, 3.63) is 96.3 Å². The van der Waals surface area contributed by atoms with Gasteiger partial charge in [-0.2, -0.15) is 0 Å². The van der Waals surface area contributed by atoms with Crippen LogP contribution in [0.2, 0.25) is 0 Å². The van der Waals surface area contributed by atoms with Gasteiger partial charge in [0.05, 0.1) is 12.0 Å². The lowest BCUT2D eigenvalue weighted by atomic mass is 9.90. The Balaban J connectivity index is 1.16. The molecule has 0 aliphatic carbocycles. The Kier molecular flexibility index (Phi) is 5.81. The Morgan fingerprint density at radius 2 is 1.86 bits per heavy atom. The number of carbonyl (C=O) groups excluding carboxylic acids is 1. The number of pyridine rings is 1. The number of likely N-dealkylation sites (tertiary alicyclic amines) is 1. The first kappa shape index (κ1) is 22.2. The molecule has 0 unspecified atom stereocenters. The summed E-state index contributed by atoms with van der Waals surface area (Å²) in [5.41, 5.74) is 5.88. The molecular formula is C29H27N5O2. The van der Waals surface area contributed by atoms with E-state index < -0.39 is 0 Å². The minimum atomic E-state index is -0.0381. The summed E-state index contributed by atoms with van der Waals surface area (Å²) in [6, 6.07) is 20.0. The summed E-state index contributed by atoms with van der Waals surface area (Å²) >= 11 is 0. The van der Waals surface area contributed by atoms with Gasteiger partial charge >= 0.3 is 0 Å². The molecule has 1 saturated heterocycles. The average molecular weight is 478 g/mol. The fraction of sp³-hybridized carbons (Fsp3) is 0.241. The van der Waals surface area contributed by atoms with Crippen molar-refractivity contribution < 1.29 is 9.21 Å². The van der Waals surface area contributed by atoms with E-state index >= 15 is 0 Å². The van der Waals surface area contributed by atoms with Crippen LogP contribution in [0, 0.1) is 12.8 Å². The van der Waals surface area contributed by atoms with Crippen molar-refractivity contribution >= 4 is 17.0 Å². The van der Waals surface area contributed by atoms with Crippen LogP contribution in [0.4, 0.5) is 0 Å². The number of hydrogen-bond donors (Lipinski definition) is 0. The third kappa shape index (κ3) is 4.52. The topological polar surface area (TPSA) is 77.0 Å². The fourth-order valence-electron chi connectivity index (χ4n) is 4.89. The Morgan fingerprint density at radius 3 is 2.64 bits per heavy atom. The van der Waals surface area contributed by atoms with Gasteiger partial charge in [-0.25, -0.2) is 9.97 Å². The van der Waals surface area contributed by atoms with Crippen LogP contribution in [0.15, 0.2) is 83.8 Å². The number of rotatable bonds is 5. The number of nitrogens with zero attached hydrogens (tertiary/aromatic N) is 5. The molecule has 0 N–H and O–H groups in total. The molecule has 1 aliphatic heterocycles. The predicted octanol–water partition coefficient (Wildman–Crippen LogP) is 5.48. The monoisotopic (exact) mass is 477 g/mol. The van der Waals surface area contributed by atoms with Gasteiger partial charge in [-0.15, -0.1) is 0 Å². The van der Waals surface area contributed by atoms with Gasteiger partial charge in [0.1, 0.15) is 11.2 Å². The highest BCUT2D eigenvalue weighted by Crippen LogP contribution is 2.27. The van der Waals surface area contributed by atoms with Crippen LogP contribution < -0.4 is 0 Å². The maximum Gasteiger partial charge on any atom is 0.272 e. The number of imidazole rings is 1. The largest absolute Gasteiger partial charge is 0.436 e. The number of amides is 1. The first-order valence-electron chi connectivity index (χ1n) is 12.3. The quantitative estimate of drug-likeness (QED) is 0.335. The van der Waals surface area contributed by atoms with Crippen LogP contribution in [0.5, 0.6) is 0 Å². The van der Waals surface area contributed by atoms with E-state index in [1.165, 1.54) is 5.56 Å². The highest BCUT2D eigenvalue weighted by atomic mass is 16.3. The summed E-state index contributed by atoms with van der Waals surface area (Å²) in [5, 5.41) is 0. The second-order valence-electron chi connectivity index (χ2n) is 9.45. The molecule has 1 amide bonds. The third-order valence-corrected chi connectivity index (χ3v) is 6.88. The molecule has 7 nitrogen and oxygen atoms in total. The van der Waals surface area contributed by atoms with Gasteiger partial charge in [0.15, 0.2) is 5.58 Å². The van der Waals surface area contributed by atoms with Crippen LogP contribution in [0.3, 0.4) is 0 Å². The zero-order valence-electron chi connectivity index (χ0n) is 20.2. The molecule has 5 aromatic rings. The average Bonchev–Trinajstić information content (AvgIpc) is 3.55. The maximum atomic E-state index is 13.2. The molecular weight excluding hydrogens is 450 g/mol. The molecule has 1 aliphatic rings. The molecule has 6 rings (SSSR count). The summed E-state index contributed by atoms with van der Waals surface area (Å²) in [7, 11) is 0. The van der Waals surface area contributed by atoms with E-state index in [4.69, 9.17) is 4.42 Å². The molecule has 0 spiro atoms. The van der Waals surface area contributed by atoms with E-state index in [0.29, 0.717) is 23.1 Å². The van der Waals surface area contributed by atoms with Crippen molar-refractivity contribution in [2.75, 3.05) is 13.1 Å². The van der Waals surface area contributed by atoms with Crippen molar-refractivity contribution in [2.45, 2.75) is 26.2 Å².